The van der Waals surface area contributed by atoms with Crippen LogP contribution in [-0.4, -0.2) is 17.4 Å². The number of anilines is 2. The van der Waals surface area contributed by atoms with Gasteiger partial charge in [0.25, 0.3) is 5.91 Å². The van der Waals surface area contributed by atoms with E-state index >= 15 is 0 Å². The Kier molecular flexibility index (Phi) is 6.57. The zero-order valence-corrected chi connectivity index (χ0v) is 15.9. The summed E-state index contributed by atoms with van der Waals surface area (Å²) in [6, 6.07) is 8.09. The Morgan fingerprint density at radius 1 is 1.08 bits per heavy atom. The van der Waals surface area contributed by atoms with Crippen LogP contribution in [0.15, 0.2) is 36.7 Å². The van der Waals surface area contributed by atoms with Crippen LogP contribution >= 0.6 is 0 Å². The molecule has 2 aromatic rings. The number of carbonyl (C=O) groups is 1. The van der Waals surface area contributed by atoms with Gasteiger partial charge in [0.1, 0.15) is 0 Å². The largest absolute Gasteiger partial charge is 0.384 e. The van der Waals surface area contributed by atoms with Gasteiger partial charge in [0.15, 0.2) is 0 Å². The molecule has 1 amide bonds. The molecule has 0 saturated carbocycles. The van der Waals surface area contributed by atoms with Crippen LogP contribution in [-0.2, 0) is 0 Å². The van der Waals surface area contributed by atoms with Crippen molar-refractivity contribution >= 4 is 17.3 Å². The lowest BCUT2D eigenvalue weighted by Crippen LogP contribution is -2.16. The standard InChI is InChI=1S/C21H29N3O/c1-6-10-23-17-11-16(12-22-13-17)21(25)24-20-18(14(2)3)8-7-9-19(20)15(4)5/h7-9,11-15,23H,6,10H2,1-5H3,(H,24,25). The number of nitrogens with zero attached hydrogens (tertiary/aromatic N) is 1. The Morgan fingerprint density at radius 3 is 2.28 bits per heavy atom. The minimum absolute atomic E-state index is 0.123. The summed E-state index contributed by atoms with van der Waals surface area (Å²) in [5.41, 5.74) is 4.69. The summed E-state index contributed by atoms with van der Waals surface area (Å²) in [4.78, 5) is 17.0. The predicted molar refractivity (Wildman–Crippen MR) is 106 cm³/mol. The zero-order chi connectivity index (χ0) is 18.4. The SMILES string of the molecule is CCCNc1cncc(C(=O)Nc2c(C(C)C)cccc2C(C)C)c1. The number of hydrogen-bond acceptors (Lipinski definition) is 3. The molecular formula is C21H29N3O. The normalized spacial score (nSPS) is 11.0. The molecule has 134 valence electrons. The summed E-state index contributed by atoms with van der Waals surface area (Å²) >= 11 is 0. The fourth-order valence-electron chi connectivity index (χ4n) is 2.81. The molecule has 1 heterocycles. The molecule has 0 aliphatic rings. The van der Waals surface area contributed by atoms with E-state index in [0.29, 0.717) is 17.4 Å². The molecule has 1 aromatic heterocycles. The van der Waals surface area contributed by atoms with Crippen molar-refractivity contribution in [2.75, 3.05) is 17.2 Å². The molecule has 2 rings (SSSR count). The third-order valence-corrected chi connectivity index (χ3v) is 4.19. The Balaban J connectivity index is 2.31. The highest BCUT2D eigenvalue weighted by molar-refractivity contribution is 6.05. The highest BCUT2D eigenvalue weighted by atomic mass is 16.1. The van der Waals surface area contributed by atoms with Gasteiger partial charge in [-0.15, -0.1) is 0 Å². The van der Waals surface area contributed by atoms with Crippen LogP contribution in [0.1, 0.15) is 74.4 Å². The first kappa shape index (κ1) is 19.0. The van der Waals surface area contributed by atoms with Crippen LogP contribution in [0, 0.1) is 0 Å². The highest BCUT2D eigenvalue weighted by Gasteiger charge is 2.17. The summed E-state index contributed by atoms with van der Waals surface area (Å²) in [7, 11) is 0. The van der Waals surface area contributed by atoms with Gasteiger partial charge < -0.3 is 10.6 Å². The first-order chi connectivity index (χ1) is 11.9. The van der Waals surface area contributed by atoms with Crippen molar-refractivity contribution in [3.8, 4) is 0 Å². The van der Waals surface area contributed by atoms with Gasteiger partial charge in [-0.1, -0.05) is 52.8 Å². The fourth-order valence-corrected chi connectivity index (χ4v) is 2.81. The number of amides is 1. The van der Waals surface area contributed by atoms with E-state index in [1.54, 1.807) is 12.4 Å². The van der Waals surface area contributed by atoms with Crippen molar-refractivity contribution in [1.82, 2.24) is 4.98 Å². The van der Waals surface area contributed by atoms with Crippen molar-refractivity contribution in [1.29, 1.82) is 0 Å². The van der Waals surface area contributed by atoms with Gasteiger partial charge in [-0.05, 0) is 35.4 Å². The van der Waals surface area contributed by atoms with Gasteiger partial charge in [-0.25, -0.2) is 0 Å². The van der Waals surface area contributed by atoms with Crippen molar-refractivity contribution in [3.05, 3.63) is 53.3 Å². The fraction of sp³-hybridized carbons (Fsp3) is 0.429. The van der Waals surface area contributed by atoms with Gasteiger partial charge in [0.05, 0.1) is 11.3 Å². The molecule has 0 bridgehead atoms. The molecule has 0 aliphatic heterocycles. The summed E-state index contributed by atoms with van der Waals surface area (Å²) in [5, 5.41) is 6.40. The Morgan fingerprint density at radius 2 is 1.72 bits per heavy atom. The number of carbonyl (C=O) groups excluding carboxylic acids is 1. The van der Waals surface area contributed by atoms with Gasteiger partial charge in [0.2, 0.25) is 0 Å². The number of nitrogens with one attached hydrogen (secondary N) is 2. The molecule has 1 aromatic carbocycles. The lowest BCUT2D eigenvalue weighted by Gasteiger charge is -2.20. The van der Waals surface area contributed by atoms with Crippen LogP contribution in [0.25, 0.3) is 0 Å². The molecule has 0 atom stereocenters. The maximum Gasteiger partial charge on any atom is 0.257 e. The van der Waals surface area contributed by atoms with E-state index in [0.717, 1.165) is 35.5 Å². The van der Waals surface area contributed by atoms with Crippen LogP contribution in [0.3, 0.4) is 0 Å². The van der Waals surface area contributed by atoms with Gasteiger partial charge >= 0.3 is 0 Å². The second-order valence-electron chi connectivity index (χ2n) is 6.96. The Hall–Kier alpha value is -2.36. The number of benzene rings is 1. The van der Waals surface area contributed by atoms with Crippen LogP contribution in [0.2, 0.25) is 0 Å². The van der Waals surface area contributed by atoms with E-state index in [1.807, 2.05) is 6.07 Å². The topological polar surface area (TPSA) is 54.0 Å². The number of para-hydroxylation sites is 1. The maximum absolute atomic E-state index is 12.8. The lowest BCUT2D eigenvalue weighted by atomic mass is 9.92. The minimum atomic E-state index is -0.123. The van der Waals surface area contributed by atoms with E-state index in [1.165, 1.54) is 0 Å². The third-order valence-electron chi connectivity index (χ3n) is 4.19. The second kappa shape index (κ2) is 8.65. The second-order valence-corrected chi connectivity index (χ2v) is 6.96. The third kappa shape index (κ3) is 4.81. The number of pyridine rings is 1. The Labute approximate surface area is 151 Å². The van der Waals surface area contributed by atoms with E-state index in [2.05, 4.69) is 68.4 Å². The van der Waals surface area contributed by atoms with Crippen molar-refractivity contribution in [2.45, 2.75) is 52.9 Å². The van der Waals surface area contributed by atoms with Gasteiger partial charge in [-0.2, -0.15) is 0 Å². The molecule has 2 N–H and O–H groups in total. The average Bonchev–Trinajstić information content (AvgIpc) is 2.59. The molecule has 25 heavy (non-hydrogen) atoms. The summed E-state index contributed by atoms with van der Waals surface area (Å²) in [6.07, 6.45) is 4.38. The van der Waals surface area contributed by atoms with Gasteiger partial charge in [0, 0.05) is 24.6 Å². The van der Waals surface area contributed by atoms with Crippen molar-refractivity contribution in [3.63, 3.8) is 0 Å². The number of rotatable bonds is 7. The van der Waals surface area contributed by atoms with E-state index in [-0.39, 0.29) is 5.91 Å². The molecule has 0 fully saturated rings. The molecular weight excluding hydrogens is 310 g/mol. The summed E-state index contributed by atoms with van der Waals surface area (Å²) < 4.78 is 0. The quantitative estimate of drug-likeness (QED) is 0.710. The number of aromatic nitrogens is 1. The first-order valence-corrected chi connectivity index (χ1v) is 9.07. The predicted octanol–water partition coefficient (Wildman–Crippen LogP) is 5.40. The molecule has 0 aliphatic carbocycles. The molecule has 4 nitrogen and oxygen atoms in total. The monoisotopic (exact) mass is 339 g/mol. The molecule has 4 heteroatoms. The highest BCUT2D eigenvalue weighted by Crippen LogP contribution is 2.32. The Bertz CT molecular complexity index is 697. The van der Waals surface area contributed by atoms with E-state index in [4.69, 9.17) is 0 Å². The van der Waals surface area contributed by atoms with Crippen LogP contribution in [0.5, 0.6) is 0 Å². The van der Waals surface area contributed by atoms with E-state index < -0.39 is 0 Å². The van der Waals surface area contributed by atoms with Gasteiger partial charge in [-0.3, -0.25) is 9.78 Å². The molecule has 0 unspecified atom stereocenters. The average molecular weight is 339 g/mol. The first-order valence-electron chi connectivity index (χ1n) is 9.07. The van der Waals surface area contributed by atoms with Crippen molar-refractivity contribution < 1.29 is 4.79 Å². The minimum Gasteiger partial charge on any atom is -0.384 e. The smallest absolute Gasteiger partial charge is 0.257 e. The maximum atomic E-state index is 12.8. The van der Waals surface area contributed by atoms with Crippen LogP contribution < -0.4 is 10.6 Å². The van der Waals surface area contributed by atoms with Crippen molar-refractivity contribution in [2.24, 2.45) is 0 Å². The zero-order valence-electron chi connectivity index (χ0n) is 15.9. The van der Waals surface area contributed by atoms with Crippen LogP contribution in [0.4, 0.5) is 11.4 Å². The van der Waals surface area contributed by atoms with E-state index in [9.17, 15) is 4.79 Å². The molecule has 0 saturated heterocycles. The molecule has 0 spiro atoms. The molecule has 0 radical (unpaired) electrons. The summed E-state index contributed by atoms with van der Waals surface area (Å²) in [6.45, 7) is 11.5. The lowest BCUT2D eigenvalue weighted by molar-refractivity contribution is 0.102. The summed E-state index contributed by atoms with van der Waals surface area (Å²) in [5.74, 6) is 0.553. The number of hydrogen-bond donors (Lipinski definition) is 2.